The summed E-state index contributed by atoms with van der Waals surface area (Å²) in [5, 5.41) is 5.85. The first kappa shape index (κ1) is 16.2. The van der Waals surface area contributed by atoms with Crippen molar-refractivity contribution in [1.82, 2.24) is 5.32 Å². The maximum absolute atomic E-state index is 12.8. The van der Waals surface area contributed by atoms with Crippen LogP contribution in [0.1, 0.15) is 10.4 Å². The summed E-state index contributed by atoms with van der Waals surface area (Å²) >= 11 is 11.0. The molecule has 0 atom stereocenters. The second-order valence-electron chi connectivity index (χ2n) is 4.26. The summed E-state index contributed by atoms with van der Waals surface area (Å²) < 4.78 is 17.9. The number of methoxy groups -OCH3 is 1. The molecule has 0 heterocycles. The van der Waals surface area contributed by atoms with Gasteiger partial charge in [0.2, 0.25) is 0 Å². The number of hydrogen-bond donors (Lipinski definition) is 2. The van der Waals surface area contributed by atoms with E-state index in [-0.39, 0.29) is 5.11 Å². The molecule has 2 aromatic carbocycles. The highest BCUT2D eigenvalue weighted by Crippen LogP contribution is 2.27. The predicted octanol–water partition coefficient (Wildman–Crippen LogP) is 3.61. The second kappa shape index (κ2) is 7.20. The number of carbonyl (C=O) groups is 1. The number of benzene rings is 2. The van der Waals surface area contributed by atoms with Gasteiger partial charge in [-0.25, -0.2) is 4.39 Å². The third-order valence-electron chi connectivity index (χ3n) is 2.74. The zero-order valence-electron chi connectivity index (χ0n) is 11.5. The van der Waals surface area contributed by atoms with E-state index >= 15 is 0 Å². The van der Waals surface area contributed by atoms with Gasteiger partial charge in [0.25, 0.3) is 5.91 Å². The highest BCUT2D eigenvalue weighted by Gasteiger charge is 2.09. The summed E-state index contributed by atoms with van der Waals surface area (Å²) in [5.74, 6) is -0.310. The Morgan fingerprint density at radius 1 is 1.23 bits per heavy atom. The van der Waals surface area contributed by atoms with Crippen molar-refractivity contribution in [3.8, 4) is 5.75 Å². The van der Waals surface area contributed by atoms with E-state index in [4.69, 9.17) is 28.6 Å². The molecule has 0 saturated carbocycles. The molecular formula is C15H12ClFN2O2S. The number of hydrogen-bond acceptors (Lipinski definition) is 3. The Kier molecular flexibility index (Phi) is 5.30. The molecule has 0 aliphatic heterocycles. The molecular weight excluding hydrogens is 327 g/mol. The van der Waals surface area contributed by atoms with E-state index in [2.05, 4.69) is 10.6 Å². The quantitative estimate of drug-likeness (QED) is 0.839. The molecule has 0 spiro atoms. The number of carbonyl (C=O) groups excluding carboxylic acids is 1. The van der Waals surface area contributed by atoms with Crippen LogP contribution in [0.4, 0.5) is 10.1 Å². The van der Waals surface area contributed by atoms with Gasteiger partial charge in [0.1, 0.15) is 11.6 Å². The van der Waals surface area contributed by atoms with Crippen molar-refractivity contribution in [3.05, 3.63) is 58.9 Å². The largest absolute Gasteiger partial charge is 0.495 e. The lowest BCUT2D eigenvalue weighted by atomic mass is 10.2. The van der Waals surface area contributed by atoms with Crippen LogP contribution in [0.2, 0.25) is 5.02 Å². The van der Waals surface area contributed by atoms with Crippen molar-refractivity contribution in [2.75, 3.05) is 12.4 Å². The number of rotatable bonds is 3. The van der Waals surface area contributed by atoms with Crippen LogP contribution in [0.5, 0.6) is 5.75 Å². The Morgan fingerprint density at radius 2 is 1.91 bits per heavy atom. The molecule has 0 saturated heterocycles. The van der Waals surface area contributed by atoms with Crippen LogP contribution in [0.25, 0.3) is 0 Å². The molecule has 0 fully saturated rings. The standard InChI is InChI=1S/C15H12ClFN2O2S/c1-21-13-7-6-11(8-12(13)16)18-15(22)19-14(20)9-2-4-10(17)5-3-9/h2-8H,1H3,(H2,18,19,20,22). The molecule has 4 nitrogen and oxygen atoms in total. The molecule has 0 aliphatic carbocycles. The van der Waals surface area contributed by atoms with Crippen molar-refractivity contribution in [2.45, 2.75) is 0 Å². The fraction of sp³-hybridized carbons (Fsp3) is 0.0667. The summed E-state index contributed by atoms with van der Waals surface area (Å²) in [4.78, 5) is 11.9. The molecule has 0 aromatic heterocycles. The second-order valence-corrected chi connectivity index (χ2v) is 5.08. The van der Waals surface area contributed by atoms with E-state index in [1.165, 1.54) is 31.4 Å². The minimum absolute atomic E-state index is 0.107. The van der Waals surface area contributed by atoms with Crippen LogP contribution in [0.15, 0.2) is 42.5 Å². The normalized spacial score (nSPS) is 9.95. The first-order valence-corrected chi connectivity index (χ1v) is 6.99. The van der Waals surface area contributed by atoms with Gasteiger partial charge < -0.3 is 10.1 Å². The van der Waals surface area contributed by atoms with E-state index in [1.807, 2.05) is 0 Å². The summed E-state index contributed by atoms with van der Waals surface area (Å²) in [6, 6.07) is 10.2. The maximum atomic E-state index is 12.8. The summed E-state index contributed by atoms with van der Waals surface area (Å²) in [6.45, 7) is 0. The molecule has 22 heavy (non-hydrogen) atoms. The van der Waals surface area contributed by atoms with Gasteiger partial charge in [-0.05, 0) is 54.7 Å². The van der Waals surface area contributed by atoms with E-state index in [0.717, 1.165) is 0 Å². The Hall–Kier alpha value is -2.18. The summed E-state index contributed by atoms with van der Waals surface area (Å²) in [5.41, 5.74) is 0.911. The minimum Gasteiger partial charge on any atom is -0.495 e. The van der Waals surface area contributed by atoms with Crippen LogP contribution < -0.4 is 15.4 Å². The Morgan fingerprint density at radius 3 is 2.50 bits per heavy atom. The molecule has 2 N–H and O–H groups in total. The predicted molar refractivity (Wildman–Crippen MR) is 88.1 cm³/mol. The summed E-state index contributed by atoms with van der Waals surface area (Å²) in [7, 11) is 1.52. The number of amides is 1. The molecule has 114 valence electrons. The van der Waals surface area contributed by atoms with Gasteiger partial charge in [-0.1, -0.05) is 11.6 Å². The highest BCUT2D eigenvalue weighted by atomic mass is 35.5. The minimum atomic E-state index is -0.433. The third-order valence-corrected chi connectivity index (χ3v) is 3.24. The number of anilines is 1. The van der Waals surface area contributed by atoms with Gasteiger partial charge in [-0.15, -0.1) is 0 Å². The lowest BCUT2D eigenvalue weighted by molar-refractivity contribution is 0.0977. The molecule has 1 amide bonds. The third kappa shape index (κ3) is 4.16. The van der Waals surface area contributed by atoms with E-state index in [9.17, 15) is 9.18 Å². The van der Waals surface area contributed by atoms with Crippen molar-refractivity contribution in [2.24, 2.45) is 0 Å². The molecule has 0 bridgehead atoms. The van der Waals surface area contributed by atoms with Gasteiger partial charge in [0, 0.05) is 11.3 Å². The van der Waals surface area contributed by atoms with Gasteiger partial charge in [-0.2, -0.15) is 0 Å². The number of ether oxygens (including phenoxy) is 1. The smallest absolute Gasteiger partial charge is 0.257 e. The first-order valence-electron chi connectivity index (χ1n) is 6.21. The highest BCUT2D eigenvalue weighted by molar-refractivity contribution is 7.80. The molecule has 0 radical (unpaired) electrons. The fourth-order valence-electron chi connectivity index (χ4n) is 1.68. The SMILES string of the molecule is COc1ccc(NC(=S)NC(=O)c2ccc(F)cc2)cc1Cl. The van der Waals surface area contributed by atoms with E-state index < -0.39 is 11.7 Å². The fourth-order valence-corrected chi connectivity index (χ4v) is 2.15. The molecule has 7 heteroatoms. The average Bonchev–Trinajstić information content (AvgIpc) is 2.48. The van der Waals surface area contributed by atoms with E-state index in [0.29, 0.717) is 22.0 Å². The average molecular weight is 339 g/mol. The molecule has 2 rings (SSSR count). The molecule has 2 aromatic rings. The lowest BCUT2D eigenvalue weighted by Crippen LogP contribution is -2.34. The van der Waals surface area contributed by atoms with Gasteiger partial charge in [0.05, 0.1) is 12.1 Å². The van der Waals surface area contributed by atoms with E-state index in [1.54, 1.807) is 18.2 Å². The zero-order valence-corrected chi connectivity index (χ0v) is 13.1. The Labute approximate surface area is 137 Å². The molecule has 0 aliphatic rings. The van der Waals surface area contributed by atoms with Crippen LogP contribution in [-0.4, -0.2) is 18.1 Å². The number of nitrogens with one attached hydrogen (secondary N) is 2. The number of halogens is 2. The van der Waals surface area contributed by atoms with Crippen LogP contribution in [-0.2, 0) is 0 Å². The van der Waals surface area contributed by atoms with Crippen LogP contribution in [0.3, 0.4) is 0 Å². The zero-order chi connectivity index (χ0) is 16.1. The Bertz CT molecular complexity index is 707. The first-order chi connectivity index (χ1) is 10.5. The van der Waals surface area contributed by atoms with Crippen molar-refractivity contribution in [1.29, 1.82) is 0 Å². The summed E-state index contributed by atoms with van der Waals surface area (Å²) in [6.07, 6.45) is 0. The van der Waals surface area contributed by atoms with Crippen molar-refractivity contribution >= 4 is 40.5 Å². The monoisotopic (exact) mass is 338 g/mol. The maximum Gasteiger partial charge on any atom is 0.257 e. The van der Waals surface area contributed by atoms with Crippen LogP contribution in [0, 0.1) is 5.82 Å². The van der Waals surface area contributed by atoms with Crippen molar-refractivity contribution < 1.29 is 13.9 Å². The Balaban J connectivity index is 1.99. The van der Waals surface area contributed by atoms with Gasteiger partial charge in [0.15, 0.2) is 5.11 Å². The van der Waals surface area contributed by atoms with Crippen molar-refractivity contribution in [3.63, 3.8) is 0 Å². The van der Waals surface area contributed by atoms with Gasteiger partial charge in [-0.3, -0.25) is 10.1 Å². The van der Waals surface area contributed by atoms with Gasteiger partial charge >= 0.3 is 0 Å². The van der Waals surface area contributed by atoms with Crippen LogP contribution >= 0.6 is 23.8 Å². The topological polar surface area (TPSA) is 50.4 Å². The number of thiocarbonyl (C=S) groups is 1. The lowest BCUT2D eigenvalue weighted by Gasteiger charge is -2.11. The molecule has 0 unspecified atom stereocenters.